The molecule has 0 aliphatic carbocycles. The molecule has 0 saturated heterocycles. The molecule has 5 N–H and O–H groups in total. The van der Waals surface area contributed by atoms with Crippen LogP contribution in [-0.2, 0) is 0 Å². The largest absolute Gasteiger partial charge is 0.478 e. The Morgan fingerprint density at radius 1 is 0.489 bits per heavy atom. The summed E-state index contributed by atoms with van der Waals surface area (Å²) in [6, 6.07) is 10.2. The van der Waals surface area contributed by atoms with E-state index in [2.05, 4.69) is 12.2 Å². The highest BCUT2D eigenvalue weighted by Gasteiger charge is 2.27. The zero-order valence-corrected chi connectivity index (χ0v) is 25.2. The number of nitrogens with one attached hydrogen (secondary N) is 1. The normalized spacial score (nSPS) is 11.6. The summed E-state index contributed by atoms with van der Waals surface area (Å²) in [5.74, 6) is -5.11. The van der Waals surface area contributed by atoms with Crippen LogP contribution in [0.4, 0.5) is 5.69 Å². The Morgan fingerprint density at radius 3 is 1.40 bits per heavy atom. The summed E-state index contributed by atoms with van der Waals surface area (Å²) in [6.07, 6.45) is 11.6. The summed E-state index contributed by atoms with van der Waals surface area (Å²) in [5, 5.41) is 46.7. The van der Waals surface area contributed by atoms with Crippen molar-refractivity contribution in [3.8, 4) is 0 Å². The van der Waals surface area contributed by atoms with Crippen LogP contribution < -0.4 is 5.32 Å². The van der Waals surface area contributed by atoms with Gasteiger partial charge in [0.2, 0.25) is 0 Å². The number of carboxylic acid groups (broad SMARTS) is 4. The maximum absolute atomic E-state index is 12.6. The molecule has 0 amide bonds. The molecule has 5 rings (SSSR count). The SMILES string of the molecule is CCCCCCCCCCCCNc1cc(C(=O)O)c2c(C(=O)O)ccc3c4ccc(C(=O)O)c5c(C(=O)O)ccc(c1c23)c54. The van der Waals surface area contributed by atoms with Gasteiger partial charge in [-0.25, -0.2) is 19.2 Å². The molecule has 0 bridgehead atoms. The molecule has 0 saturated carbocycles. The first-order valence-electron chi connectivity index (χ1n) is 15.6. The molecular formula is C36H37NO8. The minimum Gasteiger partial charge on any atom is -0.478 e. The van der Waals surface area contributed by atoms with Crippen LogP contribution in [0.5, 0.6) is 0 Å². The molecule has 0 unspecified atom stereocenters. The van der Waals surface area contributed by atoms with Crippen molar-refractivity contribution in [1.29, 1.82) is 0 Å². The first-order chi connectivity index (χ1) is 21.7. The predicted octanol–water partition coefficient (Wildman–Crippen LogP) is 8.86. The number of carboxylic acids is 4. The number of hydrogen-bond acceptors (Lipinski definition) is 5. The second kappa shape index (κ2) is 13.4. The van der Waals surface area contributed by atoms with E-state index in [1.54, 1.807) is 18.2 Å². The fourth-order valence-corrected chi connectivity index (χ4v) is 6.68. The number of rotatable bonds is 16. The van der Waals surface area contributed by atoms with E-state index >= 15 is 0 Å². The van der Waals surface area contributed by atoms with Crippen LogP contribution in [0, 0.1) is 0 Å². The lowest BCUT2D eigenvalue weighted by molar-refractivity contribution is 0.0681. The molecule has 9 heteroatoms. The number of aromatic carboxylic acids is 4. The molecule has 234 valence electrons. The standard InChI is InChI=1S/C36H37NO8/c1-2-3-4-5-6-7-8-9-10-11-18-37-27-19-26(36(44)45)30-25(35(42)43)16-13-21-20-12-15-23(33(38)39)29-24(34(40)41)17-14-22(28(20)29)31(27)32(21)30/h12-17,19,37H,2-11,18H2,1H3,(H,38,39)(H,40,41)(H,42,43)(H,44,45). The van der Waals surface area contributed by atoms with Gasteiger partial charge < -0.3 is 25.7 Å². The predicted molar refractivity (Wildman–Crippen MR) is 176 cm³/mol. The van der Waals surface area contributed by atoms with E-state index in [1.165, 1.54) is 62.8 Å². The summed E-state index contributed by atoms with van der Waals surface area (Å²) in [4.78, 5) is 49.4. The topological polar surface area (TPSA) is 161 Å². The molecule has 0 aromatic heterocycles. The van der Waals surface area contributed by atoms with Crippen molar-refractivity contribution in [3.63, 3.8) is 0 Å². The van der Waals surface area contributed by atoms with Crippen LogP contribution in [0.25, 0.3) is 43.1 Å². The highest BCUT2D eigenvalue weighted by atomic mass is 16.4. The molecule has 0 aliphatic heterocycles. The number of benzene rings is 5. The monoisotopic (exact) mass is 611 g/mol. The fraction of sp³-hybridized carbons (Fsp3) is 0.333. The summed E-state index contributed by atoms with van der Waals surface area (Å²) in [5.41, 5.74) is -0.204. The Bertz CT molecular complexity index is 1920. The third-order valence-corrected chi connectivity index (χ3v) is 8.77. The lowest BCUT2D eigenvalue weighted by atomic mass is 9.83. The lowest BCUT2D eigenvalue weighted by Crippen LogP contribution is -2.10. The highest BCUT2D eigenvalue weighted by Crippen LogP contribution is 2.46. The number of anilines is 1. The summed E-state index contributed by atoms with van der Waals surface area (Å²) >= 11 is 0. The van der Waals surface area contributed by atoms with E-state index in [1.807, 2.05) is 0 Å². The van der Waals surface area contributed by atoms with Gasteiger partial charge in [0.1, 0.15) is 0 Å². The second-order valence-corrected chi connectivity index (χ2v) is 11.7. The Balaban J connectivity index is 1.64. The summed E-state index contributed by atoms with van der Waals surface area (Å²) < 4.78 is 0. The highest BCUT2D eigenvalue weighted by molar-refractivity contribution is 6.40. The summed E-state index contributed by atoms with van der Waals surface area (Å²) in [6.45, 7) is 2.75. The molecule has 0 atom stereocenters. The quantitative estimate of drug-likeness (QED) is 0.0417. The fourth-order valence-electron chi connectivity index (χ4n) is 6.68. The maximum Gasteiger partial charge on any atom is 0.336 e. The number of hydrogen-bond donors (Lipinski definition) is 5. The van der Waals surface area contributed by atoms with Crippen LogP contribution in [0.2, 0.25) is 0 Å². The Kier molecular flexibility index (Phi) is 9.37. The van der Waals surface area contributed by atoms with Crippen molar-refractivity contribution in [2.45, 2.75) is 71.1 Å². The molecule has 5 aromatic rings. The molecule has 45 heavy (non-hydrogen) atoms. The van der Waals surface area contributed by atoms with Crippen molar-refractivity contribution >= 4 is 72.7 Å². The van der Waals surface area contributed by atoms with E-state index in [-0.39, 0.29) is 33.0 Å². The number of carbonyl (C=O) groups is 4. The number of fused-ring (bicyclic) bond motifs is 2. The van der Waals surface area contributed by atoms with E-state index in [0.29, 0.717) is 44.5 Å². The van der Waals surface area contributed by atoms with Gasteiger partial charge >= 0.3 is 23.9 Å². The van der Waals surface area contributed by atoms with E-state index in [0.717, 1.165) is 25.7 Å². The minimum absolute atomic E-state index is 0.0640. The molecular weight excluding hydrogens is 574 g/mol. The van der Waals surface area contributed by atoms with Crippen molar-refractivity contribution in [2.24, 2.45) is 0 Å². The smallest absolute Gasteiger partial charge is 0.336 e. The first-order valence-corrected chi connectivity index (χ1v) is 15.6. The maximum atomic E-state index is 12.6. The zero-order chi connectivity index (χ0) is 32.2. The molecule has 0 aliphatic rings. The van der Waals surface area contributed by atoms with E-state index in [4.69, 9.17) is 0 Å². The van der Waals surface area contributed by atoms with Crippen molar-refractivity contribution in [2.75, 3.05) is 11.9 Å². The van der Waals surface area contributed by atoms with Crippen LogP contribution in [0.3, 0.4) is 0 Å². The van der Waals surface area contributed by atoms with Crippen LogP contribution in [0.1, 0.15) is 113 Å². The molecule has 0 spiro atoms. The van der Waals surface area contributed by atoms with Crippen LogP contribution in [-0.4, -0.2) is 50.8 Å². The van der Waals surface area contributed by atoms with Gasteiger partial charge in [-0.05, 0) is 52.2 Å². The molecule has 0 radical (unpaired) electrons. The van der Waals surface area contributed by atoms with Crippen LogP contribution in [0.15, 0.2) is 42.5 Å². The van der Waals surface area contributed by atoms with Crippen molar-refractivity contribution < 1.29 is 39.6 Å². The average Bonchev–Trinajstić information content (AvgIpc) is 3.01. The Hall–Kier alpha value is -4.92. The Labute approximate surface area is 259 Å². The van der Waals surface area contributed by atoms with Gasteiger partial charge in [0.15, 0.2) is 0 Å². The average molecular weight is 612 g/mol. The Morgan fingerprint density at radius 2 is 0.911 bits per heavy atom. The lowest BCUT2D eigenvalue weighted by Gasteiger charge is -2.21. The van der Waals surface area contributed by atoms with Crippen molar-refractivity contribution in [3.05, 3.63) is 64.7 Å². The number of unbranched alkanes of at least 4 members (excludes halogenated alkanes) is 9. The van der Waals surface area contributed by atoms with E-state index < -0.39 is 23.9 Å². The minimum atomic E-state index is -1.28. The van der Waals surface area contributed by atoms with Gasteiger partial charge in [0, 0.05) is 33.8 Å². The zero-order valence-electron chi connectivity index (χ0n) is 25.2. The third-order valence-electron chi connectivity index (χ3n) is 8.77. The van der Waals surface area contributed by atoms with Gasteiger partial charge in [0.05, 0.1) is 22.3 Å². The van der Waals surface area contributed by atoms with Gasteiger partial charge in [-0.1, -0.05) is 82.9 Å². The van der Waals surface area contributed by atoms with Gasteiger partial charge in [-0.15, -0.1) is 0 Å². The van der Waals surface area contributed by atoms with E-state index in [9.17, 15) is 39.6 Å². The molecule has 0 heterocycles. The molecule has 5 aromatic carbocycles. The molecule has 9 nitrogen and oxygen atoms in total. The first kappa shape index (κ1) is 31.5. The van der Waals surface area contributed by atoms with Crippen LogP contribution >= 0.6 is 0 Å². The third kappa shape index (κ3) is 5.94. The van der Waals surface area contributed by atoms with Gasteiger partial charge in [0.25, 0.3) is 0 Å². The van der Waals surface area contributed by atoms with Crippen molar-refractivity contribution in [1.82, 2.24) is 0 Å². The van der Waals surface area contributed by atoms with Gasteiger partial charge in [-0.3, -0.25) is 0 Å². The summed E-state index contributed by atoms with van der Waals surface area (Å²) in [7, 11) is 0. The molecule has 0 fully saturated rings. The van der Waals surface area contributed by atoms with Gasteiger partial charge in [-0.2, -0.15) is 0 Å². The second-order valence-electron chi connectivity index (χ2n) is 11.7.